The van der Waals surface area contributed by atoms with Crippen LogP contribution in [0.5, 0.6) is 0 Å². The lowest BCUT2D eigenvalue weighted by atomic mass is 9.53. The predicted molar refractivity (Wildman–Crippen MR) is 79.8 cm³/mol. The van der Waals surface area contributed by atoms with Gasteiger partial charge in [-0.1, -0.05) is 37.5 Å². The van der Waals surface area contributed by atoms with Gasteiger partial charge in [0.1, 0.15) is 0 Å². The Morgan fingerprint density at radius 2 is 1.84 bits per heavy atom. The van der Waals surface area contributed by atoms with Crippen molar-refractivity contribution in [2.24, 2.45) is 0 Å². The van der Waals surface area contributed by atoms with Crippen molar-refractivity contribution >= 4 is 21.7 Å². The zero-order chi connectivity index (χ0) is 14.6. The Balaban J connectivity index is 3.70. The Morgan fingerprint density at radius 3 is 2.47 bits per heavy atom. The Bertz CT molecular complexity index is 380. The van der Waals surface area contributed by atoms with Gasteiger partial charge in [-0.15, -0.1) is 11.8 Å². The van der Waals surface area contributed by atoms with Gasteiger partial charge in [0, 0.05) is 6.42 Å². The van der Waals surface area contributed by atoms with Gasteiger partial charge in [-0.2, -0.15) is 0 Å². The number of esters is 1. The summed E-state index contributed by atoms with van der Waals surface area (Å²) in [5.41, 5.74) is 0. The molecule has 0 spiro atoms. The van der Waals surface area contributed by atoms with Gasteiger partial charge in [0.2, 0.25) is 0 Å². The molecule has 0 aromatic rings. The van der Waals surface area contributed by atoms with Crippen LogP contribution in [0.25, 0.3) is 0 Å². The number of rotatable bonds is 7. The summed E-state index contributed by atoms with van der Waals surface area (Å²) in [6.45, 7) is 1.77. The van der Waals surface area contributed by atoms with E-state index in [1.165, 1.54) is 7.11 Å². The average molecular weight is 254 g/mol. The quantitative estimate of drug-likeness (QED) is 0.301. The number of methoxy groups -OCH3 is 1. The molecule has 0 N–H and O–H groups in total. The highest BCUT2D eigenvalue weighted by molar-refractivity contribution is 6.42. The number of carbonyl (C=O) groups is 1. The van der Waals surface area contributed by atoms with Gasteiger partial charge in [0.15, 0.2) is 0 Å². The number of carbonyl (C=O) groups excluding carboxylic acids is 1. The second-order valence-corrected chi connectivity index (χ2v) is 4.44. The molecular weight excluding hydrogens is 234 g/mol. The number of ether oxygens (including phenoxy) is 1. The normalized spacial score (nSPS) is 9.79. The largest absolute Gasteiger partial charge is 0.469 e. The maximum atomic E-state index is 10.9. The molecule has 19 heavy (non-hydrogen) atoms. The van der Waals surface area contributed by atoms with Gasteiger partial charge >= 0.3 is 5.97 Å². The summed E-state index contributed by atoms with van der Waals surface area (Å²) in [6, 6.07) is 0. The van der Waals surface area contributed by atoms with E-state index in [0.717, 1.165) is 25.7 Å². The van der Waals surface area contributed by atoms with Gasteiger partial charge in [-0.3, -0.25) is 4.79 Å². The average Bonchev–Trinajstić information content (AvgIpc) is 2.38. The molecule has 0 aliphatic rings. The summed E-state index contributed by atoms with van der Waals surface area (Å²) in [5, 5.41) is -0.933. The fraction of sp³-hybridized carbons (Fsp3) is 0.667. The first-order valence-electron chi connectivity index (χ1n) is 6.56. The number of unbranched alkanes of at least 4 members (excludes halogenated alkanes) is 3. The molecule has 0 heterocycles. The second-order valence-electron chi connectivity index (χ2n) is 4.44. The molecule has 0 aromatic carbocycles. The lowest BCUT2D eigenvalue weighted by Gasteiger charge is -2.17. The third-order valence-electron chi connectivity index (χ3n) is 2.62. The molecule has 0 bridgehead atoms. The van der Waals surface area contributed by atoms with Crippen LogP contribution in [0.3, 0.4) is 0 Å². The Kier molecular flexibility index (Phi) is 9.91. The van der Waals surface area contributed by atoms with E-state index in [9.17, 15) is 4.79 Å². The van der Waals surface area contributed by atoms with Crippen LogP contribution in [0.15, 0.2) is 0 Å². The highest BCUT2D eigenvalue weighted by atomic mass is 16.5. The van der Waals surface area contributed by atoms with Gasteiger partial charge < -0.3 is 4.74 Å². The van der Waals surface area contributed by atoms with Gasteiger partial charge in [-0.05, 0) is 18.6 Å². The topological polar surface area (TPSA) is 26.3 Å². The van der Waals surface area contributed by atoms with Crippen molar-refractivity contribution in [3.05, 3.63) is 0 Å². The van der Waals surface area contributed by atoms with Crippen molar-refractivity contribution in [2.75, 3.05) is 7.11 Å². The fourth-order valence-electron chi connectivity index (χ4n) is 1.55. The Labute approximate surface area is 119 Å². The van der Waals surface area contributed by atoms with E-state index >= 15 is 0 Å². The van der Waals surface area contributed by atoms with Crippen LogP contribution in [-0.4, -0.2) is 28.8 Å². The van der Waals surface area contributed by atoms with Crippen molar-refractivity contribution in [1.82, 2.24) is 0 Å². The van der Waals surface area contributed by atoms with Crippen molar-refractivity contribution in [2.45, 2.75) is 57.1 Å². The van der Waals surface area contributed by atoms with Gasteiger partial charge in [0.05, 0.1) is 29.2 Å². The maximum Gasteiger partial charge on any atom is 0.305 e. The third-order valence-corrected chi connectivity index (χ3v) is 2.62. The van der Waals surface area contributed by atoms with Crippen LogP contribution in [0.4, 0.5) is 0 Å². The molecule has 0 saturated heterocycles. The lowest BCUT2D eigenvalue weighted by molar-refractivity contribution is -0.140. The molecule has 0 rings (SSSR count). The van der Waals surface area contributed by atoms with Crippen LogP contribution in [0.2, 0.25) is 5.21 Å². The van der Waals surface area contributed by atoms with Crippen LogP contribution < -0.4 is 0 Å². The summed E-state index contributed by atoms with van der Waals surface area (Å²) in [6.07, 6.45) is 5.34. The van der Waals surface area contributed by atoms with Crippen LogP contribution in [-0.2, 0) is 9.53 Å². The van der Waals surface area contributed by atoms with E-state index in [1.807, 2.05) is 0 Å². The molecule has 0 aliphatic heterocycles. The summed E-state index contributed by atoms with van der Waals surface area (Å²) < 4.78 is 4.57. The zero-order valence-electron chi connectivity index (χ0n) is 11.9. The summed E-state index contributed by atoms with van der Waals surface area (Å²) in [4.78, 5) is 10.9. The van der Waals surface area contributed by atoms with E-state index in [2.05, 4.69) is 28.4 Å². The SMILES string of the molecule is [B]C([B])(C#CCC#CC)CCCCCCC(=O)OC. The van der Waals surface area contributed by atoms with E-state index in [0.29, 0.717) is 19.3 Å². The highest BCUT2D eigenvalue weighted by Gasteiger charge is 2.12. The Morgan fingerprint density at radius 1 is 1.16 bits per heavy atom. The zero-order valence-corrected chi connectivity index (χ0v) is 11.9. The van der Waals surface area contributed by atoms with Gasteiger partial charge in [0.25, 0.3) is 0 Å². The van der Waals surface area contributed by atoms with E-state index in [-0.39, 0.29) is 5.97 Å². The lowest BCUT2D eigenvalue weighted by Crippen LogP contribution is -2.10. The molecule has 0 unspecified atom stereocenters. The molecule has 0 fully saturated rings. The predicted octanol–water partition coefficient (Wildman–Crippen LogP) is 2.37. The van der Waals surface area contributed by atoms with Crippen molar-refractivity contribution in [3.63, 3.8) is 0 Å². The molecule has 98 valence electrons. The monoisotopic (exact) mass is 254 g/mol. The van der Waals surface area contributed by atoms with Crippen molar-refractivity contribution in [3.8, 4) is 23.7 Å². The second kappa shape index (κ2) is 10.6. The molecular formula is C15H20B2O2. The van der Waals surface area contributed by atoms with E-state index < -0.39 is 5.21 Å². The minimum atomic E-state index is -0.933. The van der Waals surface area contributed by atoms with Crippen molar-refractivity contribution in [1.29, 1.82) is 0 Å². The van der Waals surface area contributed by atoms with Crippen molar-refractivity contribution < 1.29 is 9.53 Å². The molecule has 0 aromatic heterocycles. The summed E-state index contributed by atoms with van der Waals surface area (Å²) >= 11 is 0. The molecule has 2 nitrogen and oxygen atoms in total. The maximum absolute atomic E-state index is 10.9. The minimum absolute atomic E-state index is 0.158. The Hall–Kier alpha value is -1.28. The molecule has 4 heteroatoms. The first-order valence-corrected chi connectivity index (χ1v) is 6.56. The fourth-order valence-corrected chi connectivity index (χ4v) is 1.55. The third kappa shape index (κ3) is 11.5. The van der Waals surface area contributed by atoms with Crippen LogP contribution in [0.1, 0.15) is 51.9 Å². The smallest absolute Gasteiger partial charge is 0.305 e. The number of hydrogen-bond acceptors (Lipinski definition) is 2. The summed E-state index contributed by atoms with van der Waals surface area (Å²) in [5.74, 6) is 11.2. The first kappa shape index (κ1) is 17.7. The summed E-state index contributed by atoms with van der Waals surface area (Å²) in [7, 11) is 13.1. The van der Waals surface area contributed by atoms with Crippen LogP contribution in [0, 0.1) is 23.7 Å². The first-order chi connectivity index (χ1) is 9.02. The van der Waals surface area contributed by atoms with Gasteiger partial charge in [-0.25, -0.2) is 0 Å². The standard InChI is InChI=1S/C15H20B2O2/c1-3-4-5-9-12-15(16,17)13-10-7-6-8-11-14(18)19-2/h5-8,10-11,13H2,1-2H3. The molecule has 0 saturated carbocycles. The number of hydrogen-bond donors (Lipinski definition) is 0. The highest BCUT2D eigenvalue weighted by Crippen LogP contribution is 2.23. The minimum Gasteiger partial charge on any atom is -0.469 e. The van der Waals surface area contributed by atoms with Crippen LogP contribution >= 0.6 is 0 Å². The molecule has 0 atom stereocenters. The molecule has 0 aliphatic carbocycles. The molecule has 0 amide bonds. The van der Waals surface area contributed by atoms with E-state index in [4.69, 9.17) is 15.7 Å². The molecule has 4 radical (unpaired) electrons. The van der Waals surface area contributed by atoms with E-state index in [1.54, 1.807) is 6.92 Å².